The Labute approximate surface area is 141 Å². The summed E-state index contributed by atoms with van der Waals surface area (Å²) in [6.07, 6.45) is 3.42. The Bertz CT molecular complexity index is 383. The first-order chi connectivity index (χ1) is 10.8. The summed E-state index contributed by atoms with van der Waals surface area (Å²) < 4.78 is 5.29. The van der Waals surface area contributed by atoms with Crippen molar-refractivity contribution in [2.45, 2.75) is 65.5 Å². The van der Waals surface area contributed by atoms with Gasteiger partial charge in [0.05, 0.1) is 0 Å². The molecule has 0 atom stereocenters. The zero-order chi connectivity index (χ0) is 17.3. The van der Waals surface area contributed by atoms with Crippen molar-refractivity contribution < 1.29 is 9.53 Å². The first-order valence-electron chi connectivity index (χ1n) is 8.83. The van der Waals surface area contributed by atoms with Crippen LogP contribution in [-0.2, 0) is 9.53 Å². The van der Waals surface area contributed by atoms with Gasteiger partial charge >= 0.3 is 5.97 Å². The van der Waals surface area contributed by atoms with E-state index in [9.17, 15) is 4.79 Å². The molecule has 1 aliphatic heterocycles. The zero-order valence-electron chi connectivity index (χ0n) is 15.4. The van der Waals surface area contributed by atoms with E-state index < -0.39 is 5.60 Å². The quantitative estimate of drug-likeness (QED) is 0.442. The van der Waals surface area contributed by atoms with Gasteiger partial charge in [-0.1, -0.05) is 6.92 Å². The van der Waals surface area contributed by atoms with Crippen molar-refractivity contribution in [2.24, 2.45) is 4.99 Å². The minimum absolute atomic E-state index is 0.0429. The number of guanidine groups is 1. The number of hydrogen-bond donors (Lipinski definition) is 2. The molecule has 0 aromatic heterocycles. The Kier molecular flexibility index (Phi) is 8.37. The van der Waals surface area contributed by atoms with Crippen LogP contribution in [0, 0.1) is 0 Å². The molecule has 6 nitrogen and oxygen atoms in total. The monoisotopic (exact) mass is 326 g/mol. The van der Waals surface area contributed by atoms with E-state index in [1.165, 1.54) is 13.0 Å². The average molecular weight is 326 g/mol. The van der Waals surface area contributed by atoms with Gasteiger partial charge in [0, 0.05) is 25.7 Å². The minimum atomic E-state index is -0.468. The number of piperidine rings is 1. The van der Waals surface area contributed by atoms with E-state index in [2.05, 4.69) is 27.4 Å². The fourth-order valence-corrected chi connectivity index (χ4v) is 2.65. The number of carbonyl (C=O) groups is 1. The highest BCUT2D eigenvalue weighted by atomic mass is 16.6. The summed E-state index contributed by atoms with van der Waals surface area (Å²) in [5, 5.41) is 6.64. The normalized spacial score (nSPS) is 17.9. The fraction of sp³-hybridized carbons (Fsp3) is 0.882. The molecule has 0 radical (unpaired) electrons. The van der Waals surface area contributed by atoms with Gasteiger partial charge in [-0.2, -0.15) is 0 Å². The van der Waals surface area contributed by atoms with E-state index in [1.807, 2.05) is 27.7 Å². The standard InChI is InChI=1S/C17H34N4O2/c1-6-10-21-11-8-14(9-12-21)20-16(18-7-2)19-13-15(22)23-17(3,4)5/h14H,6-13H2,1-5H3,(H2,18,19,20). The van der Waals surface area contributed by atoms with E-state index in [0.717, 1.165) is 32.5 Å². The Morgan fingerprint density at radius 3 is 2.43 bits per heavy atom. The van der Waals surface area contributed by atoms with Gasteiger partial charge in [-0.3, -0.25) is 4.79 Å². The number of likely N-dealkylation sites (tertiary alicyclic amines) is 1. The second kappa shape index (κ2) is 9.75. The molecule has 0 amide bonds. The summed E-state index contributed by atoms with van der Waals surface area (Å²) in [7, 11) is 0. The van der Waals surface area contributed by atoms with E-state index >= 15 is 0 Å². The molecule has 0 aromatic carbocycles. The molecule has 1 aliphatic rings. The van der Waals surface area contributed by atoms with Crippen LogP contribution in [0.25, 0.3) is 0 Å². The molecule has 6 heteroatoms. The van der Waals surface area contributed by atoms with Crippen molar-refractivity contribution in [3.8, 4) is 0 Å². The third kappa shape index (κ3) is 8.79. The average Bonchev–Trinajstić information content (AvgIpc) is 2.45. The van der Waals surface area contributed by atoms with Crippen LogP contribution in [0.1, 0.15) is 53.9 Å². The van der Waals surface area contributed by atoms with Crippen LogP contribution in [0.4, 0.5) is 0 Å². The predicted molar refractivity (Wildman–Crippen MR) is 94.7 cm³/mol. The number of nitrogens with one attached hydrogen (secondary N) is 2. The molecule has 0 aromatic rings. The molecular weight excluding hydrogens is 292 g/mol. The van der Waals surface area contributed by atoms with E-state index in [-0.39, 0.29) is 12.5 Å². The van der Waals surface area contributed by atoms with Crippen molar-refractivity contribution in [2.75, 3.05) is 32.7 Å². The predicted octanol–water partition coefficient (Wildman–Crippen LogP) is 1.76. The van der Waals surface area contributed by atoms with E-state index in [4.69, 9.17) is 4.74 Å². The maximum Gasteiger partial charge on any atom is 0.328 e. The lowest BCUT2D eigenvalue weighted by molar-refractivity contribution is -0.152. The Hall–Kier alpha value is -1.30. The van der Waals surface area contributed by atoms with Crippen molar-refractivity contribution in [1.82, 2.24) is 15.5 Å². The number of nitrogens with zero attached hydrogens (tertiary/aromatic N) is 2. The van der Waals surface area contributed by atoms with Crippen LogP contribution in [0.2, 0.25) is 0 Å². The molecule has 0 saturated carbocycles. The molecule has 0 spiro atoms. The maximum atomic E-state index is 11.8. The number of carbonyl (C=O) groups excluding carboxylic acids is 1. The number of rotatable bonds is 6. The van der Waals surface area contributed by atoms with E-state index in [0.29, 0.717) is 12.0 Å². The second-order valence-corrected chi connectivity index (χ2v) is 7.04. The lowest BCUT2D eigenvalue weighted by atomic mass is 10.1. The van der Waals surface area contributed by atoms with Crippen molar-refractivity contribution >= 4 is 11.9 Å². The van der Waals surface area contributed by atoms with Crippen LogP contribution in [0.15, 0.2) is 4.99 Å². The Morgan fingerprint density at radius 2 is 1.91 bits per heavy atom. The highest BCUT2D eigenvalue weighted by Gasteiger charge is 2.20. The summed E-state index contributed by atoms with van der Waals surface area (Å²) in [5.74, 6) is 0.403. The molecule has 1 fully saturated rings. The molecule has 1 heterocycles. The summed E-state index contributed by atoms with van der Waals surface area (Å²) in [6.45, 7) is 14.1. The Balaban J connectivity index is 2.45. The van der Waals surface area contributed by atoms with Crippen molar-refractivity contribution in [1.29, 1.82) is 0 Å². The Morgan fingerprint density at radius 1 is 1.26 bits per heavy atom. The van der Waals surface area contributed by atoms with Crippen LogP contribution in [0.3, 0.4) is 0 Å². The molecule has 0 bridgehead atoms. The molecule has 1 rings (SSSR count). The highest BCUT2D eigenvalue weighted by molar-refractivity contribution is 5.83. The number of aliphatic imine (C=N–C) groups is 1. The van der Waals surface area contributed by atoms with Crippen LogP contribution in [0.5, 0.6) is 0 Å². The summed E-state index contributed by atoms with van der Waals surface area (Å²) in [4.78, 5) is 18.6. The molecule has 134 valence electrons. The second-order valence-electron chi connectivity index (χ2n) is 7.04. The first kappa shape index (κ1) is 19.7. The molecule has 2 N–H and O–H groups in total. The van der Waals surface area contributed by atoms with Crippen LogP contribution < -0.4 is 10.6 Å². The molecule has 1 saturated heterocycles. The molecular formula is C17H34N4O2. The van der Waals surface area contributed by atoms with Gasteiger partial charge in [0.2, 0.25) is 0 Å². The zero-order valence-corrected chi connectivity index (χ0v) is 15.4. The SMILES string of the molecule is CCCN1CCC(NC(=NCC(=O)OC(C)(C)C)NCC)CC1. The van der Waals surface area contributed by atoms with Gasteiger partial charge in [-0.15, -0.1) is 0 Å². The fourth-order valence-electron chi connectivity index (χ4n) is 2.65. The summed E-state index contributed by atoms with van der Waals surface area (Å²) in [5.41, 5.74) is -0.468. The number of esters is 1. The molecule has 23 heavy (non-hydrogen) atoms. The molecule has 0 aliphatic carbocycles. The van der Waals surface area contributed by atoms with Crippen molar-refractivity contribution in [3.63, 3.8) is 0 Å². The maximum absolute atomic E-state index is 11.8. The topological polar surface area (TPSA) is 66.0 Å². The summed E-state index contributed by atoms with van der Waals surface area (Å²) in [6, 6.07) is 0.416. The van der Waals surface area contributed by atoms with Gasteiger partial charge in [-0.25, -0.2) is 4.99 Å². The summed E-state index contributed by atoms with van der Waals surface area (Å²) >= 11 is 0. The van der Waals surface area contributed by atoms with Crippen LogP contribution in [-0.4, -0.2) is 61.2 Å². The third-order valence-corrected chi connectivity index (χ3v) is 3.60. The lowest BCUT2D eigenvalue weighted by Crippen LogP contribution is -2.49. The third-order valence-electron chi connectivity index (χ3n) is 3.60. The van der Waals surface area contributed by atoms with Gasteiger partial charge in [0.25, 0.3) is 0 Å². The van der Waals surface area contributed by atoms with Crippen LogP contribution >= 0.6 is 0 Å². The smallest absolute Gasteiger partial charge is 0.328 e. The highest BCUT2D eigenvalue weighted by Crippen LogP contribution is 2.10. The van der Waals surface area contributed by atoms with Gasteiger partial charge in [0.1, 0.15) is 12.1 Å². The van der Waals surface area contributed by atoms with Gasteiger partial charge in [-0.05, 0) is 53.5 Å². The molecule has 0 unspecified atom stereocenters. The number of hydrogen-bond acceptors (Lipinski definition) is 4. The first-order valence-corrected chi connectivity index (χ1v) is 8.83. The number of ether oxygens (including phenoxy) is 1. The van der Waals surface area contributed by atoms with Gasteiger partial charge in [0.15, 0.2) is 5.96 Å². The minimum Gasteiger partial charge on any atom is -0.459 e. The largest absolute Gasteiger partial charge is 0.459 e. The van der Waals surface area contributed by atoms with Gasteiger partial charge < -0.3 is 20.3 Å². The van der Waals surface area contributed by atoms with E-state index in [1.54, 1.807) is 0 Å². The van der Waals surface area contributed by atoms with Crippen molar-refractivity contribution in [3.05, 3.63) is 0 Å². The lowest BCUT2D eigenvalue weighted by Gasteiger charge is -2.32.